The van der Waals surface area contributed by atoms with Gasteiger partial charge in [0.25, 0.3) is 0 Å². The summed E-state index contributed by atoms with van der Waals surface area (Å²) in [6.07, 6.45) is 2.35. The number of amidine groups is 1. The van der Waals surface area contributed by atoms with E-state index in [1.165, 1.54) is 0 Å². The molecule has 102 valence electrons. The Morgan fingerprint density at radius 1 is 1.26 bits per heavy atom. The van der Waals surface area contributed by atoms with Crippen molar-refractivity contribution in [2.45, 2.75) is 38.6 Å². The summed E-state index contributed by atoms with van der Waals surface area (Å²) in [5, 5.41) is 10.9. The molecule has 0 aliphatic carbocycles. The van der Waals surface area contributed by atoms with E-state index >= 15 is 0 Å². The molecule has 4 heteroatoms. The van der Waals surface area contributed by atoms with Gasteiger partial charge in [0.15, 0.2) is 0 Å². The fourth-order valence-corrected chi connectivity index (χ4v) is 2.77. The second kappa shape index (κ2) is 5.43. The van der Waals surface area contributed by atoms with E-state index in [9.17, 15) is 4.79 Å². The lowest BCUT2D eigenvalue weighted by molar-refractivity contribution is 0.169. The van der Waals surface area contributed by atoms with E-state index in [1.807, 2.05) is 30.0 Å². The van der Waals surface area contributed by atoms with Crippen molar-refractivity contribution in [2.75, 3.05) is 6.54 Å². The fraction of sp³-hybridized carbons (Fsp3) is 0.467. The molecule has 0 aromatic heterocycles. The van der Waals surface area contributed by atoms with Crippen LogP contribution in [0.5, 0.6) is 0 Å². The molecule has 1 fully saturated rings. The summed E-state index contributed by atoms with van der Waals surface area (Å²) in [4.78, 5) is 13.8. The predicted octanol–water partition coefficient (Wildman–Crippen LogP) is 2.79. The average molecular weight is 259 g/mol. The lowest BCUT2D eigenvalue weighted by Crippen LogP contribution is -2.51. The molecule has 1 heterocycles. The van der Waals surface area contributed by atoms with Gasteiger partial charge in [-0.15, -0.1) is 0 Å². The van der Waals surface area contributed by atoms with Crippen LogP contribution in [-0.4, -0.2) is 28.9 Å². The van der Waals surface area contributed by atoms with Crippen LogP contribution in [0.2, 0.25) is 0 Å². The van der Waals surface area contributed by atoms with E-state index in [-0.39, 0.29) is 6.03 Å². The largest absolute Gasteiger partial charge is 0.323 e. The van der Waals surface area contributed by atoms with Crippen LogP contribution < -0.4 is 5.32 Å². The lowest BCUT2D eigenvalue weighted by Gasteiger charge is -2.36. The molecule has 2 N–H and O–H groups in total. The van der Waals surface area contributed by atoms with Crippen molar-refractivity contribution < 1.29 is 4.79 Å². The normalized spacial score (nSPS) is 22.7. The number of rotatable bonds is 5. The van der Waals surface area contributed by atoms with Crippen LogP contribution in [0.15, 0.2) is 30.3 Å². The van der Waals surface area contributed by atoms with Gasteiger partial charge in [-0.25, -0.2) is 4.79 Å². The molecular formula is C15H21N3O. The highest BCUT2D eigenvalue weighted by atomic mass is 16.2. The van der Waals surface area contributed by atoms with Gasteiger partial charge in [-0.1, -0.05) is 44.2 Å². The Morgan fingerprint density at radius 3 is 2.53 bits per heavy atom. The number of hydrogen-bond acceptors (Lipinski definition) is 2. The van der Waals surface area contributed by atoms with E-state index in [0.717, 1.165) is 18.4 Å². The Hall–Kier alpha value is -1.84. The topological polar surface area (TPSA) is 56.2 Å². The van der Waals surface area contributed by atoms with Crippen molar-refractivity contribution in [3.63, 3.8) is 0 Å². The Labute approximate surface area is 114 Å². The second-order valence-corrected chi connectivity index (χ2v) is 5.00. The second-order valence-electron chi connectivity index (χ2n) is 5.00. The lowest BCUT2D eigenvalue weighted by atomic mass is 9.86. The van der Waals surface area contributed by atoms with Crippen molar-refractivity contribution in [2.24, 2.45) is 0 Å². The minimum Gasteiger partial charge on any atom is -0.311 e. The van der Waals surface area contributed by atoms with Crippen LogP contribution in [0.25, 0.3) is 0 Å². The molecule has 1 atom stereocenters. The summed E-state index contributed by atoms with van der Waals surface area (Å²) in [5.41, 5.74) is 0.653. The standard InChI is InChI=1S/C15H21N3O/c1-3-10-18-14(19)17-13(16)15(18,4-2)11-12-8-6-5-7-9-12/h5-9H,3-4,10-11H2,1-2H3,(H2,16,17,19). The Morgan fingerprint density at radius 2 is 1.95 bits per heavy atom. The highest BCUT2D eigenvalue weighted by Crippen LogP contribution is 2.30. The molecule has 1 aromatic rings. The van der Waals surface area contributed by atoms with Crippen LogP contribution in [0.3, 0.4) is 0 Å². The minimum absolute atomic E-state index is 0.135. The van der Waals surface area contributed by atoms with Gasteiger partial charge in [-0.3, -0.25) is 10.7 Å². The maximum atomic E-state index is 12.0. The zero-order valence-corrected chi connectivity index (χ0v) is 11.6. The quantitative estimate of drug-likeness (QED) is 0.839. The number of hydrogen-bond donors (Lipinski definition) is 2. The molecular weight excluding hydrogens is 238 g/mol. The van der Waals surface area contributed by atoms with Gasteiger partial charge in [-0.05, 0) is 18.4 Å². The number of nitrogens with zero attached hydrogens (tertiary/aromatic N) is 1. The zero-order chi connectivity index (χ0) is 13.9. The van der Waals surface area contributed by atoms with E-state index in [4.69, 9.17) is 5.41 Å². The maximum Gasteiger partial charge on any atom is 0.323 e. The maximum absolute atomic E-state index is 12.0. The van der Waals surface area contributed by atoms with Crippen LogP contribution in [-0.2, 0) is 6.42 Å². The SMILES string of the molecule is CCCN1C(=O)NC(=N)C1(CC)Cc1ccccc1. The summed E-state index contributed by atoms with van der Waals surface area (Å²) in [5.74, 6) is 0.331. The Bertz CT molecular complexity index is 472. The van der Waals surface area contributed by atoms with Gasteiger partial charge in [0, 0.05) is 13.0 Å². The van der Waals surface area contributed by atoms with Gasteiger partial charge in [0.05, 0.1) is 0 Å². The first kappa shape index (κ1) is 13.6. The molecule has 0 bridgehead atoms. The van der Waals surface area contributed by atoms with Crippen LogP contribution in [0, 0.1) is 5.41 Å². The molecule has 1 unspecified atom stereocenters. The van der Waals surface area contributed by atoms with Crippen LogP contribution in [0.4, 0.5) is 4.79 Å². The minimum atomic E-state index is -0.506. The fourth-order valence-electron chi connectivity index (χ4n) is 2.77. The monoisotopic (exact) mass is 259 g/mol. The third-order valence-electron chi connectivity index (χ3n) is 3.83. The highest BCUT2D eigenvalue weighted by Gasteiger charge is 2.48. The molecule has 2 rings (SSSR count). The van der Waals surface area contributed by atoms with E-state index < -0.39 is 5.54 Å². The van der Waals surface area contributed by atoms with Crippen LogP contribution >= 0.6 is 0 Å². The summed E-state index contributed by atoms with van der Waals surface area (Å²) in [6.45, 7) is 4.79. The molecule has 2 amide bonds. The number of carbonyl (C=O) groups is 1. The number of amides is 2. The average Bonchev–Trinajstić information content (AvgIpc) is 2.65. The van der Waals surface area contributed by atoms with E-state index in [1.54, 1.807) is 0 Å². The summed E-state index contributed by atoms with van der Waals surface area (Å²) >= 11 is 0. The van der Waals surface area contributed by atoms with Gasteiger partial charge >= 0.3 is 6.03 Å². The molecule has 1 aliphatic rings. The van der Waals surface area contributed by atoms with Crippen molar-refractivity contribution >= 4 is 11.9 Å². The number of nitrogens with one attached hydrogen (secondary N) is 2. The van der Waals surface area contributed by atoms with Crippen molar-refractivity contribution in [3.05, 3.63) is 35.9 Å². The molecule has 19 heavy (non-hydrogen) atoms. The smallest absolute Gasteiger partial charge is 0.311 e. The van der Waals surface area contributed by atoms with E-state index in [0.29, 0.717) is 18.8 Å². The highest BCUT2D eigenvalue weighted by molar-refractivity contribution is 6.08. The molecule has 0 saturated carbocycles. The summed E-state index contributed by atoms with van der Waals surface area (Å²) < 4.78 is 0. The van der Waals surface area contributed by atoms with Gasteiger partial charge in [0.1, 0.15) is 11.4 Å². The van der Waals surface area contributed by atoms with Crippen molar-refractivity contribution in [1.82, 2.24) is 10.2 Å². The van der Waals surface area contributed by atoms with Gasteiger partial charge < -0.3 is 4.90 Å². The van der Waals surface area contributed by atoms with Gasteiger partial charge in [-0.2, -0.15) is 0 Å². The molecule has 0 spiro atoms. The third-order valence-corrected chi connectivity index (χ3v) is 3.83. The molecule has 4 nitrogen and oxygen atoms in total. The first-order valence-corrected chi connectivity index (χ1v) is 6.85. The van der Waals surface area contributed by atoms with E-state index in [2.05, 4.69) is 24.4 Å². The number of carbonyl (C=O) groups excluding carboxylic acids is 1. The Kier molecular flexibility index (Phi) is 3.88. The van der Waals surface area contributed by atoms with Crippen LogP contribution in [0.1, 0.15) is 32.3 Å². The van der Waals surface area contributed by atoms with Crippen molar-refractivity contribution in [1.29, 1.82) is 5.41 Å². The first-order chi connectivity index (χ1) is 9.14. The Balaban J connectivity index is 2.33. The molecule has 1 saturated heterocycles. The molecule has 0 radical (unpaired) electrons. The summed E-state index contributed by atoms with van der Waals surface area (Å²) in [6, 6.07) is 9.95. The van der Waals surface area contributed by atoms with Gasteiger partial charge in [0.2, 0.25) is 0 Å². The number of benzene rings is 1. The predicted molar refractivity (Wildman–Crippen MR) is 76.4 cm³/mol. The summed E-state index contributed by atoms with van der Waals surface area (Å²) in [7, 11) is 0. The third kappa shape index (κ3) is 2.35. The first-order valence-electron chi connectivity index (χ1n) is 6.85. The number of urea groups is 1. The van der Waals surface area contributed by atoms with Crippen molar-refractivity contribution in [3.8, 4) is 0 Å². The molecule has 1 aromatic carbocycles. The molecule has 1 aliphatic heterocycles. The zero-order valence-electron chi connectivity index (χ0n) is 11.6.